The van der Waals surface area contributed by atoms with Crippen LogP contribution in [0.4, 0.5) is 0 Å². The number of benzene rings is 2. The van der Waals surface area contributed by atoms with Gasteiger partial charge >= 0.3 is 7.60 Å². The van der Waals surface area contributed by atoms with Crippen molar-refractivity contribution in [2.75, 3.05) is 0 Å². The number of nitrogens with zero attached hydrogens (tertiary/aromatic N) is 1. The molecule has 0 aliphatic rings. The molecule has 0 unspecified atom stereocenters. The summed E-state index contributed by atoms with van der Waals surface area (Å²) in [6, 6.07) is 10.9. The molecule has 4 nitrogen and oxygen atoms in total. The molecular formula is C16H17BrNO3P. The monoisotopic (exact) mass is 381 g/mol. The fourth-order valence-corrected chi connectivity index (χ4v) is 4.77. The third-order valence-electron chi connectivity index (χ3n) is 4.30. The second-order valence-electron chi connectivity index (χ2n) is 5.29. The summed E-state index contributed by atoms with van der Waals surface area (Å²) in [5, 5.41) is 9.51. The first kappa shape index (κ1) is 17.2. The SMILES string of the molecule is CCC(CC)(c1cc(Br)c2cc(C#N)ccc2c1)P(=O)(O)O. The molecule has 0 saturated carbocycles. The summed E-state index contributed by atoms with van der Waals surface area (Å²) in [7, 11) is -4.32. The van der Waals surface area contributed by atoms with Gasteiger partial charge in [-0.05, 0) is 53.4 Å². The second kappa shape index (κ2) is 6.14. The van der Waals surface area contributed by atoms with Gasteiger partial charge in [0, 0.05) is 4.47 Å². The number of nitriles is 1. The van der Waals surface area contributed by atoms with Crippen LogP contribution in [-0.4, -0.2) is 9.79 Å². The Morgan fingerprint density at radius 2 is 1.86 bits per heavy atom. The van der Waals surface area contributed by atoms with E-state index in [0.29, 0.717) is 24.0 Å². The van der Waals surface area contributed by atoms with E-state index in [-0.39, 0.29) is 0 Å². The quantitative estimate of drug-likeness (QED) is 0.754. The molecule has 0 heterocycles. The summed E-state index contributed by atoms with van der Waals surface area (Å²) in [5.41, 5.74) is 1.17. The highest BCUT2D eigenvalue weighted by Gasteiger charge is 2.45. The number of rotatable bonds is 4. The van der Waals surface area contributed by atoms with Crippen molar-refractivity contribution in [3.63, 3.8) is 0 Å². The van der Waals surface area contributed by atoms with Gasteiger partial charge in [0.1, 0.15) is 0 Å². The van der Waals surface area contributed by atoms with Crippen molar-refractivity contribution in [2.45, 2.75) is 31.8 Å². The Morgan fingerprint density at radius 3 is 2.36 bits per heavy atom. The predicted molar refractivity (Wildman–Crippen MR) is 90.7 cm³/mol. The molecule has 0 bridgehead atoms. The van der Waals surface area contributed by atoms with Gasteiger partial charge in [-0.15, -0.1) is 0 Å². The molecule has 0 aliphatic carbocycles. The fraction of sp³-hybridized carbons (Fsp3) is 0.312. The largest absolute Gasteiger partial charge is 0.335 e. The molecule has 2 rings (SSSR count). The summed E-state index contributed by atoms with van der Waals surface area (Å²) in [6.45, 7) is 3.58. The van der Waals surface area contributed by atoms with Gasteiger partial charge in [0.25, 0.3) is 0 Å². The predicted octanol–water partition coefficient (Wildman–Crippen LogP) is 4.67. The van der Waals surface area contributed by atoms with Crippen LogP contribution < -0.4 is 0 Å². The van der Waals surface area contributed by atoms with Crippen LogP contribution in [0.5, 0.6) is 0 Å². The molecule has 2 aromatic carbocycles. The third kappa shape index (κ3) is 2.73. The maximum Gasteiger partial charge on any atom is 0.335 e. The molecular weight excluding hydrogens is 365 g/mol. The molecule has 0 spiro atoms. The Bertz CT molecular complexity index is 803. The Labute approximate surface area is 138 Å². The fourth-order valence-electron chi connectivity index (χ4n) is 2.89. The van der Waals surface area contributed by atoms with Crippen molar-refractivity contribution < 1.29 is 14.4 Å². The zero-order valence-corrected chi connectivity index (χ0v) is 14.9. The number of hydrogen-bond acceptors (Lipinski definition) is 2. The Hall–Kier alpha value is -1.18. The maximum absolute atomic E-state index is 12.1. The lowest BCUT2D eigenvalue weighted by atomic mass is 9.90. The van der Waals surface area contributed by atoms with E-state index in [1.807, 2.05) is 6.07 Å². The molecule has 0 radical (unpaired) electrons. The van der Waals surface area contributed by atoms with Crippen molar-refractivity contribution in [1.82, 2.24) is 0 Å². The summed E-state index contributed by atoms with van der Waals surface area (Å²) >= 11 is 3.47. The van der Waals surface area contributed by atoms with Crippen molar-refractivity contribution in [3.05, 3.63) is 45.9 Å². The van der Waals surface area contributed by atoms with Crippen LogP contribution in [0.3, 0.4) is 0 Å². The Morgan fingerprint density at radius 1 is 1.23 bits per heavy atom. The van der Waals surface area contributed by atoms with E-state index in [2.05, 4.69) is 22.0 Å². The molecule has 2 N–H and O–H groups in total. The van der Waals surface area contributed by atoms with Crippen LogP contribution in [0.1, 0.15) is 37.8 Å². The van der Waals surface area contributed by atoms with Gasteiger partial charge in [-0.1, -0.05) is 35.8 Å². The first-order chi connectivity index (χ1) is 10.3. The average Bonchev–Trinajstić information content (AvgIpc) is 2.47. The van der Waals surface area contributed by atoms with Crippen LogP contribution in [0, 0.1) is 11.3 Å². The van der Waals surface area contributed by atoms with E-state index < -0.39 is 12.8 Å². The van der Waals surface area contributed by atoms with E-state index >= 15 is 0 Å². The summed E-state index contributed by atoms with van der Waals surface area (Å²) in [6.07, 6.45) is 0.698. The number of halogens is 1. The van der Waals surface area contributed by atoms with E-state index in [0.717, 1.165) is 15.2 Å². The number of fused-ring (bicyclic) bond motifs is 1. The summed E-state index contributed by atoms with van der Waals surface area (Å²) in [5.74, 6) is 0. The van der Waals surface area contributed by atoms with Crippen molar-refractivity contribution in [1.29, 1.82) is 5.26 Å². The minimum absolute atomic E-state index is 0.349. The zero-order valence-electron chi connectivity index (χ0n) is 12.4. The summed E-state index contributed by atoms with van der Waals surface area (Å²) in [4.78, 5) is 19.8. The smallest absolute Gasteiger partial charge is 0.324 e. The van der Waals surface area contributed by atoms with Crippen molar-refractivity contribution in [3.8, 4) is 6.07 Å². The van der Waals surface area contributed by atoms with E-state index in [1.54, 1.807) is 38.1 Å². The zero-order chi connectivity index (χ0) is 16.5. The standard InChI is InChI=1S/C16H17BrNO3P/c1-3-16(4-2,22(19,20)21)13-8-12-6-5-11(10-18)7-14(12)15(17)9-13/h5-9H,3-4H2,1-2H3,(H2,19,20,21). The molecule has 0 saturated heterocycles. The Balaban J connectivity index is 2.77. The molecule has 6 heteroatoms. The topological polar surface area (TPSA) is 81.3 Å². The molecule has 0 amide bonds. The van der Waals surface area contributed by atoms with Gasteiger partial charge in [-0.3, -0.25) is 4.57 Å². The lowest BCUT2D eigenvalue weighted by Gasteiger charge is -2.33. The van der Waals surface area contributed by atoms with E-state index in [4.69, 9.17) is 5.26 Å². The highest BCUT2D eigenvalue weighted by Crippen LogP contribution is 2.61. The minimum atomic E-state index is -4.32. The van der Waals surface area contributed by atoms with Gasteiger partial charge in [0.15, 0.2) is 0 Å². The first-order valence-corrected chi connectivity index (χ1v) is 9.39. The van der Waals surface area contributed by atoms with Crippen LogP contribution in [0.2, 0.25) is 0 Å². The van der Waals surface area contributed by atoms with Crippen molar-refractivity contribution in [2.24, 2.45) is 0 Å². The lowest BCUT2D eigenvalue weighted by molar-refractivity contribution is 0.315. The van der Waals surface area contributed by atoms with Crippen LogP contribution >= 0.6 is 23.5 Å². The molecule has 0 atom stereocenters. The maximum atomic E-state index is 12.1. The van der Waals surface area contributed by atoms with E-state index in [9.17, 15) is 14.4 Å². The van der Waals surface area contributed by atoms with Crippen LogP contribution in [0.15, 0.2) is 34.8 Å². The van der Waals surface area contributed by atoms with Crippen molar-refractivity contribution >= 4 is 34.3 Å². The molecule has 22 heavy (non-hydrogen) atoms. The molecule has 0 aliphatic heterocycles. The molecule has 0 fully saturated rings. The van der Waals surface area contributed by atoms with Crippen LogP contribution in [-0.2, 0) is 9.72 Å². The summed E-state index contributed by atoms with van der Waals surface area (Å²) < 4.78 is 12.8. The van der Waals surface area contributed by atoms with Gasteiger partial charge in [0.05, 0.1) is 16.8 Å². The van der Waals surface area contributed by atoms with E-state index in [1.165, 1.54) is 0 Å². The van der Waals surface area contributed by atoms with Gasteiger partial charge in [0.2, 0.25) is 0 Å². The highest BCUT2D eigenvalue weighted by atomic mass is 79.9. The highest BCUT2D eigenvalue weighted by molar-refractivity contribution is 9.10. The minimum Gasteiger partial charge on any atom is -0.324 e. The molecule has 2 aromatic rings. The van der Waals surface area contributed by atoms with Gasteiger partial charge in [-0.2, -0.15) is 5.26 Å². The normalized spacial score (nSPS) is 12.4. The Kier molecular flexibility index (Phi) is 4.79. The molecule has 116 valence electrons. The number of hydrogen-bond donors (Lipinski definition) is 2. The third-order valence-corrected chi connectivity index (χ3v) is 6.96. The average molecular weight is 382 g/mol. The molecule has 0 aromatic heterocycles. The van der Waals surface area contributed by atoms with Gasteiger partial charge in [-0.25, -0.2) is 0 Å². The van der Waals surface area contributed by atoms with Crippen LogP contribution in [0.25, 0.3) is 10.8 Å². The first-order valence-electron chi connectivity index (χ1n) is 6.98. The lowest BCUT2D eigenvalue weighted by Crippen LogP contribution is -2.24. The van der Waals surface area contributed by atoms with Gasteiger partial charge < -0.3 is 9.79 Å². The second-order valence-corrected chi connectivity index (χ2v) is 8.09.